The van der Waals surface area contributed by atoms with E-state index in [0.29, 0.717) is 13.0 Å². The number of hydrogen-bond acceptors (Lipinski definition) is 2. The van der Waals surface area contributed by atoms with Gasteiger partial charge in [-0.3, -0.25) is 4.79 Å². The van der Waals surface area contributed by atoms with Gasteiger partial charge in [0.25, 0.3) is 5.91 Å². The molecule has 0 saturated carbocycles. The molecule has 1 heterocycles. The molecule has 1 aliphatic rings. The molecule has 4 nitrogen and oxygen atoms in total. The van der Waals surface area contributed by atoms with Gasteiger partial charge in [0.2, 0.25) is 0 Å². The number of likely N-dealkylation sites (tertiary alicyclic amines) is 1. The predicted molar refractivity (Wildman–Crippen MR) is 67.7 cm³/mol. The highest BCUT2D eigenvalue weighted by Crippen LogP contribution is 2.28. The first-order valence-corrected chi connectivity index (χ1v) is 6.29. The molecule has 0 bridgehead atoms. The first-order chi connectivity index (χ1) is 8.93. The zero-order chi connectivity index (χ0) is 14.2. The van der Waals surface area contributed by atoms with E-state index in [1.54, 1.807) is 6.92 Å². The standard InChI is InChI=1S/C13H13ClFNO3/c1-7-5-6-16(11(7)13(18)19)12(17)8-3-2-4-9(15)10(8)14/h2-4,7,11H,5-6H2,1H3,(H,18,19). The van der Waals surface area contributed by atoms with E-state index in [4.69, 9.17) is 11.6 Å². The molecule has 2 rings (SSSR count). The van der Waals surface area contributed by atoms with Crippen LogP contribution in [0.1, 0.15) is 23.7 Å². The zero-order valence-electron chi connectivity index (χ0n) is 10.3. The second kappa shape index (κ2) is 5.17. The summed E-state index contributed by atoms with van der Waals surface area (Å²) in [5.74, 6) is -2.41. The van der Waals surface area contributed by atoms with Gasteiger partial charge < -0.3 is 10.0 Å². The lowest BCUT2D eigenvalue weighted by molar-refractivity contribution is -0.142. The van der Waals surface area contributed by atoms with Gasteiger partial charge in [-0.2, -0.15) is 0 Å². The molecule has 1 aromatic carbocycles. The van der Waals surface area contributed by atoms with E-state index in [1.165, 1.54) is 17.0 Å². The summed E-state index contributed by atoms with van der Waals surface area (Å²) in [6.07, 6.45) is 0.607. The Morgan fingerprint density at radius 3 is 2.79 bits per heavy atom. The normalized spacial score (nSPS) is 22.6. The number of amides is 1. The highest BCUT2D eigenvalue weighted by Gasteiger charge is 2.40. The van der Waals surface area contributed by atoms with E-state index in [1.807, 2.05) is 0 Å². The predicted octanol–water partition coefficient (Wildman–Crippen LogP) is 2.41. The van der Waals surface area contributed by atoms with Crippen molar-refractivity contribution in [1.82, 2.24) is 4.90 Å². The van der Waals surface area contributed by atoms with Crippen LogP contribution in [0.3, 0.4) is 0 Å². The SMILES string of the molecule is CC1CCN(C(=O)c2cccc(F)c2Cl)C1C(=O)O. The van der Waals surface area contributed by atoms with Gasteiger partial charge >= 0.3 is 5.97 Å². The molecule has 2 unspecified atom stereocenters. The van der Waals surface area contributed by atoms with Gasteiger partial charge in [0.15, 0.2) is 0 Å². The summed E-state index contributed by atoms with van der Waals surface area (Å²) in [4.78, 5) is 24.7. The molecule has 0 aliphatic carbocycles. The van der Waals surface area contributed by atoms with Crippen molar-refractivity contribution >= 4 is 23.5 Å². The Morgan fingerprint density at radius 2 is 2.16 bits per heavy atom. The van der Waals surface area contributed by atoms with Crippen molar-refractivity contribution in [1.29, 1.82) is 0 Å². The van der Waals surface area contributed by atoms with Crippen molar-refractivity contribution in [3.8, 4) is 0 Å². The Balaban J connectivity index is 2.34. The Kier molecular flexibility index (Phi) is 3.75. The molecule has 102 valence electrons. The molecule has 19 heavy (non-hydrogen) atoms. The summed E-state index contributed by atoms with van der Waals surface area (Å²) >= 11 is 5.76. The first kappa shape index (κ1) is 13.8. The Hall–Kier alpha value is -1.62. The molecule has 0 radical (unpaired) electrons. The molecule has 1 fully saturated rings. The van der Waals surface area contributed by atoms with Crippen molar-refractivity contribution in [2.24, 2.45) is 5.92 Å². The topological polar surface area (TPSA) is 57.6 Å². The number of rotatable bonds is 2. The number of carbonyl (C=O) groups excluding carboxylic acids is 1. The third-order valence-electron chi connectivity index (χ3n) is 3.40. The molecule has 0 aromatic heterocycles. The van der Waals surface area contributed by atoms with E-state index < -0.39 is 23.7 Å². The summed E-state index contributed by atoms with van der Waals surface area (Å²) in [5.41, 5.74) is 0.00187. The maximum Gasteiger partial charge on any atom is 0.326 e. The van der Waals surface area contributed by atoms with E-state index in [-0.39, 0.29) is 16.5 Å². The van der Waals surface area contributed by atoms with Crippen molar-refractivity contribution in [2.75, 3.05) is 6.54 Å². The average Bonchev–Trinajstić information content (AvgIpc) is 2.74. The van der Waals surface area contributed by atoms with Gasteiger partial charge in [0.1, 0.15) is 11.9 Å². The highest BCUT2D eigenvalue weighted by molar-refractivity contribution is 6.34. The summed E-state index contributed by atoms with van der Waals surface area (Å²) in [6, 6.07) is 3.05. The van der Waals surface area contributed by atoms with Crippen LogP contribution in [0.15, 0.2) is 18.2 Å². The quantitative estimate of drug-likeness (QED) is 0.908. The molecular formula is C13H13ClFNO3. The fourth-order valence-corrected chi connectivity index (χ4v) is 2.58. The number of aliphatic carboxylic acids is 1. The van der Waals surface area contributed by atoms with Crippen molar-refractivity contribution < 1.29 is 19.1 Å². The second-order valence-electron chi connectivity index (χ2n) is 4.65. The van der Waals surface area contributed by atoms with Crippen molar-refractivity contribution in [3.63, 3.8) is 0 Å². The number of carboxylic acid groups (broad SMARTS) is 1. The molecular weight excluding hydrogens is 273 g/mol. The van der Waals surface area contributed by atoms with E-state index >= 15 is 0 Å². The number of nitrogens with zero attached hydrogens (tertiary/aromatic N) is 1. The largest absolute Gasteiger partial charge is 0.480 e. The number of carbonyl (C=O) groups is 2. The number of benzene rings is 1. The minimum atomic E-state index is -1.05. The Labute approximate surface area is 114 Å². The number of halogens is 2. The fraction of sp³-hybridized carbons (Fsp3) is 0.385. The van der Waals surface area contributed by atoms with Gasteiger partial charge in [0.05, 0.1) is 10.6 Å². The molecule has 6 heteroatoms. The zero-order valence-corrected chi connectivity index (χ0v) is 11.0. The Bertz CT molecular complexity index is 535. The lowest BCUT2D eigenvalue weighted by Gasteiger charge is -2.23. The van der Waals surface area contributed by atoms with E-state index in [2.05, 4.69) is 0 Å². The van der Waals surface area contributed by atoms with Crippen LogP contribution in [-0.4, -0.2) is 34.5 Å². The van der Waals surface area contributed by atoms with Crippen LogP contribution < -0.4 is 0 Å². The Morgan fingerprint density at radius 1 is 1.47 bits per heavy atom. The lowest BCUT2D eigenvalue weighted by atomic mass is 10.0. The molecule has 1 saturated heterocycles. The monoisotopic (exact) mass is 285 g/mol. The van der Waals surface area contributed by atoms with Crippen LogP contribution in [0.25, 0.3) is 0 Å². The van der Waals surface area contributed by atoms with Crippen LogP contribution in [0.5, 0.6) is 0 Å². The van der Waals surface area contributed by atoms with Crippen LogP contribution in [0, 0.1) is 11.7 Å². The van der Waals surface area contributed by atoms with Crippen LogP contribution in [0.2, 0.25) is 5.02 Å². The summed E-state index contributed by atoms with van der Waals surface area (Å²) in [5, 5.41) is 8.91. The van der Waals surface area contributed by atoms with Crippen molar-refractivity contribution in [2.45, 2.75) is 19.4 Å². The summed E-state index contributed by atoms with van der Waals surface area (Å²) in [6.45, 7) is 2.11. The minimum Gasteiger partial charge on any atom is -0.480 e. The van der Waals surface area contributed by atoms with Crippen LogP contribution >= 0.6 is 11.6 Å². The first-order valence-electron chi connectivity index (χ1n) is 5.91. The minimum absolute atomic E-state index is 0.00187. The summed E-state index contributed by atoms with van der Waals surface area (Å²) in [7, 11) is 0. The maximum absolute atomic E-state index is 13.3. The molecule has 0 spiro atoms. The van der Waals surface area contributed by atoms with Crippen LogP contribution in [0.4, 0.5) is 4.39 Å². The van der Waals surface area contributed by atoms with Crippen LogP contribution in [-0.2, 0) is 4.79 Å². The smallest absolute Gasteiger partial charge is 0.326 e. The molecule has 1 amide bonds. The molecule has 2 atom stereocenters. The van der Waals surface area contributed by atoms with Gasteiger partial charge in [-0.25, -0.2) is 9.18 Å². The third kappa shape index (κ3) is 2.42. The number of hydrogen-bond donors (Lipinski definition) is 1. The molecule has 1 aromatic rings. The lowest BCUT2D eigenvalue weighted by Crippen LogP contribution is -2.42. The highest BCUT2D eigenvalue weighted by atomic mass is 35.5. The third-order valence-corrected chi connectivity index (χ3v) is 3.78. The maximum atomic E-state index is 13.3. The number of carboxylic acids is 1. The molecule has 1 aliphatic heterocycles. The molecule has 1 N–H and O–H groups in total. The summed E-state index contributed by atoms with van der Waals surface area (Å²) < 4.78 is 13.3. The van der Waals surface area contributed by atoms with E-state index in [9.17, 15) is 19.1 Å². The van der Waals surface area contributed by atoms with E-state index in [0.717, 1.165) is 6.07 Å². The van der Waals surface area contributed by atoms with Gasteiger partial charge in [0, 0.05) is 6.54 Å². The average molecular weight is 286 g/mol. The van der Waals surface area contributed by atoms with Gasteiger partial charge in [-0.05, 0) is 24.5 Å². The van der Waals surface area contributed by atoms with Gasteiger partial charge in [-0.1, -0.05) is 24.6 Å². The van der Waals surface area contributed by atoms with Gasteiger partial charge in [-0.15, -0.1) is 0 Å². The fourth-order valence-electron chi connectivity index (χ4n) is 2.38. The second-order valence-corrected chi connectivity index (χ2v) is 5.03. The van der Waals surface area contributed by atoms with Crippen molar-refractivity contribution in [3.05, 3.63) is 34.6 Å².